The van der Waals surface area contributed by atoms with Crippen LogP contribution in [0.5, 0.6) is 6.01 Å². The lowest BCUT2D eigenvalue weighted by molar-refractivity contribution is -0.124. The highest BCUT2D eigenvalue weighted by Crippen LogP contribution is 2.15. The summed E-state index contributed by atoms with van der Waals surface area (Å²) in [4.78, 5) is 19.5. The average molecular weight is 299 g/mol. The molecule has 20 heavy (non-hydrogen) atoms. The van der Waals surface area contributed by atoms with Crippen LogP contribution in [0, 0.1) is 11.8 Å². The molecule has 5 nitrogen and oxygen atoms in total. The number of hydrogen-bond donors (Lipinski definition) is 3. The Bertz CT molecular complexity index is 432. The first-order valence-electron chi connectivity index (χ1n) is 7.02. The molecule has 0 fully saturated rings. The van der Waals surface area contributed by atoms with Crippen molar-refractivity contribution in [2.24, 2.45) is 11.8 Å². The van der Waals surface area contributed by atoms with Gasteiger partial charge in [-0.05, 0) is 18.8 Å². The molecule has 0 saturated carbocycles. The van der Waals surface area contributed by atoms with E-state index < -0.39 is 0 Å². The zero-order chi connectivity index (χ0) is 15.1. The zero-order valence-electron chi connectivity index (χ0n) is 12.7. The fourth-order valence-corrected chi connectivity index (χ4v) is 2.42. The van der Waals surface area contributed by atoms with Crippen molar-refractivity contribution in [3.05, 3.63) is 11.4 Å². The molecule has 0 radical (unpaired) electrons. The molecule has 0 aromatic carbocycles. The molecule has 114 valence electrons. The van der Waals surface area contributed by atoms with Crippen molar-refractivity contribution in [1.29, 1.82) is 0 Å². The van der Waals surface area contributed by atoms with Gasteiger partial charge in [-0.15, -0.1) is 0 Å². The number of aromatic amines is 1. The van der Waals surface area contributed by atoms with Gasteiger partial charge >= 0.3 is 0 Å². The molecule has 1 aromatic rings. The lowest BCUT2D eigenvalue weighted by Gasteiger charge is -2.16. The summed E-state index contributed by atoms with van der Waals surface area (Å²) < 4.78 is 5.07. The van der Waals surface area contributed by atoms with E-state index in [1.807, 2.05) is 6.92 Å². The first-order valence-corrected chi connectivity index (χ1v) is 7.65. The Morgan fingerprint density at radius 1 is 1.50 bits per heavy atom. The largest absolute Gasteiger partial charge is 0.468 e. The average Bonchev–Trinajstić information content (AvgIpc) is 2.84. The van der Waals surface area contributed by atoms with E-state index in [9.17, 15) is 4.79 Å². The van der Waals surface area contributed by atoms with Gasteiger partial charge in [-0.25, -0.2) is 4.98 Å². The van der Waals surface area contributed by atoms with Crippen molar-refractivity contribution in [2.45, 2.75) is 40.2 Å². The second-order valence-corrected chi connectivity index (χ2v) is 5.62. The number of aromatic nitrogens is 2. The minimum Gasteiger partial charge on any atom is -0.468 e. The SMILES string of the molecule is CCc1nc(OC)[nH]c1CNC(=O)[C@@H](CS)CC(C)C. The quantitative estimate of drug-likeness (QED) is 0.645. The number of methoxy groups -OCH3 is 1. The van der Waals surface area contributed by atoms with E-state index >= 15 is 0 Å². The van der Waals surface area contributed by atoms with E-state index in [2.05, 4.69) is 41.8 Å². The van der Waals surface area contributed by atoms with Crippen LogP contribution in [0.4, 0.5) is 0 Å². The van der Waals surface area contributed by atoms with Crippen LogP contribution in [0.25, 0.3) is 0 Å². The number of imidazole rings is 1. The lowest BCUT2D eigenvalue weighted by Crippen LogP contribution is -2.32. The van der Waals surface area contributed by atoms with Gasteiger partial charge in [0.25, 0.3) is 6.01 Å². The summed E-state index contributed by atoms with van der Waals surface area (Å²) in [6.07, 6.45) is 1.65. The van der Waals surface area contributed by atoms with Crippen LogP contribution in [-0.2, 0) is 17.8 Å². The third kappa shape index (κ3) is 4.74. The van der Waals surface area contributed by atoms with Crippen LogP contribution in [0.3, 0.4) is 0 Å². The number of thiol groups is 1. The molecule has 1 aromatic heterocycles. The van der Waals surface area contributed by atoms with Gasteiger partial charge in [0.2, 0.25) is 5.91 Å². The second-order valence-electron chi connectivity index (χ2n) is 5.25. The molecule has 1 amide bonds. The van der Waals surface area contributed by atoms with E-state index in [-0.39, 0.29) is 11.8 Å². The minimum absolute atomic E-state index is 0.0457. The highest BCUT2D eigenvalue weighted by Gasteiger charge is 2.19. The van der Waals surface area contributed by atoms with E-state index in [0.717, 1.165) is 24.2 Å². The van der Waals surface area contributed by atoms with Crippen molar-refractivity contribution in [1.82, 2.24) is 15.3 Å². The molecular weight excluding hydrogens is 274 g/mol. The van der Waals surface area contributed by atoms with Crippen molar-refractivity contribution in [3.63, 3.8) is 0 Å². The van der Waals surface area contributed by atoms with Crippen LogP contribution in [0.15, 0.2) is 0 Å². The molecule has 2 N–H and O–H groups in total. The number of H-pyrrole nitrogens is 1. The van der Waals surface area contributed by atoms with E-state index in [4.69, 9.17) is 4.74 Å². The molecule has 0 spiro atoms. The molecule has 0 aliphatic rings. The summed E-state index contributed by atoms with van der Waals surface area (Å²) >= 11 is 4.27. The molecule has 0 unspecified atom stereocenters. The fourth-order valence-electron chi connectivity index (χ4n) is 2.11. The summed E-state index contributed by atoms with van der Waals surface area (Å²) in [6, 6.07) is 0.485. The number of nitrogens with one attached hydrogen (secondary N) is 2. The second kappa shape index (κ2) is 8.19. The Kier molecular flexibility index (Phi) is 6.91. The summed E-state index contributed by atoms with van der Waals surface area (Å²) in [5.41, 5.74) is 1.83. The van der Waals surface area contributed by atoms with Crippen molar-refractivity contribution >= 4 is 18.5 Å². The number of nitrogens with zero attached hydrogens (tertiary/aromatic N) is 1. The van der Waals surface area contributed by atoms with Crippen LogP contribution in [0.1, 0.15) is 38.6 Å². The van der Waals surface area contributed by atoms with Gasteiger partial charge in [0.1, 0.15) is 0 Å². The van der Waals surface area contributed by atoms with Crippen molar-refractivity contribution in [3.8, 4) is 6.01 Å². The molecule has 0 aliphatic heterocycles. The zero-order valence-corrected chi connectivity index (χ0v) is 13.6. The van der Waals surface area contributed by atoms with Crippen LogP contribution < -0.4 is 10.1 Å². The Morgan fingerprint density at radius 2 is 2.20 bits per heavy atom. The highest BCUT2D eigenvalue weighted by molar-refractivity contribution is 7.80. The Morgan fingerprint density at radius 3 is 2.70 bits per heavy atom. The smallest absolute Gasteiger partial charge is 0.293 e. The molecule has 0 aliphatic carbocycles. The highest BCUT2D eigenvalue weighted by atomic mass is 32.1. The monoisotopic (exact) mass is 299 g/mol. The summed E-state index contributed by atoms with van der Waals surface area (Å²) in [5.74, 6) is 1.05. The summed E-state index contributed by atoms with van der Waals surface area (Å²) in [6.45, 7) is 6.69. The first kappa shape index (κ1) is 16.9. The molecule has 6 heteroatoms. The standard InChI is InChI=1S/C14H25N3O2S/c1-5-11-12(17-14(16-11)19-4)7-15-13(18)10(8-20)6-9(2)3/h9-10,20H,5-8H2,1-4H3,(H,15,18)(H,16,17)/t10-/m1/s1. The summed E-state index contributed by atoms with van der Waals surface area (Å²) in [5, 5.41) is 2.95. The predicted molar refractivity (Wildman–Crippen MR) is 83.2 cm³/mol. The number of aryl methyl sites for hydroxylation is 1. The van der Waals surface area contributed by atoms with Gasteiger partial charge in [0, 0.05) is 11.7 Å². The van der Waals surface area contributed by atoms with E-state index in [1.54, 1.807) is 7.11 Å². The van der Waals surface area contributed by atoms with Crippen molar-refractivity contribution < 1.29 is 9.53 Å². The molecule has 0 bridgehead atoms. The molecule has 1 atom stereocenters. The Labute approximate surface area is 126 Å². The van der Waals surface area contributed by atoms with Gasteiger partial charge in [-0.1, -0.05) is 20.8 Å². The lowest BCUT2D eigenvalue weighted by atomic mass is 9.98. The van der Waals surface area contributed by atoms with Gasteiger partial charge in [0.05, 0.1) is 25.0 Å². The maximum Gasteiger partial charge on any atom is 0.293 e. The maximum atomic E-state index is 12.1. The number of carbonyl (C=O) groups is 1. The van der Waals surface area contributed by atoms with Crippen LogP contribution in [-0.4, -0.2) is 28.7 Å². The fraction of sp³-hybridized carbons (Fsp3) is 0.714. The third-order valence-corrected chi connectivity index (χ3v) is 3.60. The van der Waals surface area contributed by atoms with E-state index in [1.165, 1.54) is 0 Å². The molecular formula is C14H25N3O2S. The number of amides is 1. The first-order chi connectivity index (χ1) is 9.51. The number of hydrogen-bond acceptors (Lipinski definition) is 4. The predicted octanol–water partition coefficient (Wildman–Crippen LogP) is 2.19. The third-order valence-electron chi connectivity index (χ3n) is 3.16. The number of rotatable bonds is 8. The van der Waals surface area contributed by atoms with Crippen LogP contribution in [0.2, 0.25) is 0 Å². The topological polar surface area (TPSA) is 67.0 Å². The number of ether oxygens (including phenoxy) is 1. The van der Waals surface area contributed by atoms with Gasteiger partial charge in [-0.3, -0.25) is 4.79 Å². The van der Waals surface area contributed by atoms with Crippen molar-refractivity contribution in [2.75, 3.05) is 12.9 Å². The normalized spacial score (nSPS) is 12.5. The Hall–Kier alpha value is -1.17. The number of carbonyl (C=O) groups excluding carboxylic acids is 1. The minimum atomic E-state index is -0.0479. The van der Waals surface area contributed by atoms with Gasteiger partial charge < -0.3 is 15.0 Å². The summed E-state index contributed by atoms with van der Waals surface area (Å²) in [7, 11) is 1.57. The van der Waals surface area contributed by atoms with Crippen LogP contribution >= 0.6 is 12.6 Å². The Balaban J connectivity index is 2.61. The molecule has 0 saturated heterocycles. The van der Waals surface area contributed by atoms with Gasteiger partial charge in [-0.2, -0.15) is 12.6 Å². The molecule has 1 heterocycles. The maximum absolute atomic E-state index is 12.1. The molecule has 1 rings (SSSR count). The van der Waals surface area contributed by atoms with Gasteiger partial charge in [0.15, 0.2) is 0 Å². The van der Waals surface area contributed by atoms with E-state index in [0.29, 0.717) is 24.2 Å².